The summed E-state index contributed by atoms with van der Waals surface area (Å²) < 4.78 is 11.2. The Bertz CT molecular complexity index is 1380. The average molecular weight is 501 g/mol. The number of anilines is 2. The third kappa shape index (κ3) is 5.56. The number of benzene rings is 2. The van der Waals surface area contributed by atoms with Gasteiger partial charge in [-0.15, -0.1) is 11.3 Å². The highest BCUT2D eigenvalue weighted by Crippen LogP contribution is 2.32. The number of nitrogens with zero attached hydrogens (tertiary/aromatic N) is 1. The quantitative estimate of drug-likeness (QED) is 0.316. The molecule has 176 valence electrons. The van der Waals surface area contributed by atoms with Crippen molar-refractivity contribution in [3.63, 3.8) is 0 Å². The fourth-order valence-corrected chi connectivity index (χ4v) is 3.95. The van der Waals surface area contributed by atoms with Crippen LogP contribution < -0.4 is 20.6 Å². The second-order valence-electron chi connectivity index (χ2n) is 6.61. The second kappa shape index (κ2) is 10.9. The van der Waals surface area contributed by atoms with Gasteiger partial charge in [0.25, 0.3) is 0 Å². The highest BCUT2D eigenvalue weighted by atomic mass is 35.5. The fourth-order valence-electron chi connectivity index (χ4n) is 2.78. The zero-order chi connectivity index (χ0) is 24.8. The number of halogens is 1. The van der Waals surface area contributed by atoms with Crippen LogP contribution in [0.5, 0.6) is 11.5 Å². The molecule has 0 aliphatic rings. The number of para-hydroxylation sites is 1. The van der Waals surface area contributed by atoms with Gasteiger partial charge >= 0.3 is 17.6 Å². The van der Waals surface area contributed by atoms with Crippen molar-refractivity contribution in [1.82, 2.24) is 0 Å². The van der Waals surface area contributed by atoms with Gasteiger partial charge in [0.2, 0.25) is 0 Å². The van der Waals surface area contributed by atoms with E-state index in [9.17, 15) is 14.4 Å². The summed E-state index contributed by atoms with van der Waals surface area (Å²) in [5.74, 6) is -0.296. The molecule has 4 rings (SSSR count). The highest BCUT2D eigenvalue weighted by Gasteiger charge is 2.18. The SMILES string of the molecule is CC.CN(C(=O)Nc1ccc(Oc2ccccc2Cl)cc1)c1cc2oc(=O)c(C(=O)O)cc2s1. The molecule has 2 aromatic carbocycles. The normalized spacial score (nSPS) is 10.2. The number of carbonyl (C=O) groups is 2. The number of carbonyl (C=O) groups excluding carboxylic acids is 1. The topological polar surface area (TPSA) is 109 Å². The number of aromatic carboxylic acids is 1. The predicted molar refractivity (Wildman–Crippen MR) is 134 cm³/mol. The smallest absolute Gasteiger partial charge is 0.351 e. The predicted octanol–water partition coefficient (Wildman–Crippen LogP) is 6.69. The van der Waals surface area contributed by atoms with E-state index in [-0.39, 0.29) is 5.58 Å². The first kappa shape index (κ1) is 24.8. The van der Waals surface area contributed by atoms with Crippen LogP contribution in [0.4, 0.5) is 15.5 Å². The third-order valence-corrected chi connectivity index (χ3v) is 5.90. The molecule has 2 N–H and O–H groups in total. The van der Waals surface area contributed by atoms with Crippen LogP contribution in [0.2, 0.25) is 5.02 Å². The molecule has 2 heterocycles. The largest absolute Gasteiger partial charge is 0.477 e. The van der Waals surface area contributed by atoms with E-state index in [2.05, 4.69) is 5.32 Å². The molecule has 0 fully saturated rings. The van der Waals surface area contributed by atoms with Gasteiger partial charge in [-0.25, -0.2) is 14.4 Å². The van der Waals surface area contributed by atoms with E-state index in [1.165, 1.54) is 17.0 Å². The second-order valence-corrected chi connectivity index (χ2v) is 8.08. The summed E-state index contributed by atoms with van der Waals surface area (Å²) in [5, 5.41) is 12.8. The van der Waals surface area contributed by atoms with Crippen LogP contribution in [0, 0.1) is 0 Å². The van der Waals surface area contributed by atoms with Gasteiger partial charge in [-0.1, -0.05) is 37.6 Å². The first-order valence-electron chi connectivity index (χ1n) is 10.2. The van der Waals surface area contributed by atoms with E-state index in [0.717, 1.165) is 11.3 Å². The Hall–Kier alpha value is -3.82. The van der Waals surface area contributed by atoms with Crippen molar-refractivity contribution >= 4 is 55.9 Å². The summed E-state index contributed by atoms with van der Waals surface area (Å²) in [6, 6.07) is 16.2. The summed E-state index contributed by atoms with van der Waals surface area (Å²) in [7, 11) is 1.55. The zero-order valence-corrected chi connectivity index (χ0v) is 20.1. The number of hydrogen-bond donors (Lipinski definition) is 2. The molecule has 2 aromatic heterocycles. The summed E-state index contributed by atoms with van der Waals surface area (Å²) in [4.78, 5) is 36.8. The molecular weight excluding hydrogens is 480 g/mol. The zero-order valence-electron chi connectivity index (χ0n) is 18.5. The summed E-state index contributed by atoms with van der Waals surface area (Å²) in [6.45, 7) is 4.00. The number of ether oxygens (including phenoxy) is 1. The van der Waals surface area contributed by atoms with Crippen LogP contribution in [0.15, 0.2) is 69.9 Å². The monoisotopic (exact) mass is 500 g/mol. The van der Waals surface area contributed by atoms with Gasteiger partial charge in [-0.05, 0) is 42.5 Å². The number of urea groups is 1. The molecule has 0 saturated carbocycles. The van der Waals surface area contributed by atoms with E-state index in [1.54, 1.807) is 49.5 Å². The van der Waals surface area contributed by atoms with Crippen LogP contribution >= 0.6 is 22.9 Å². The van der Waals surface area contributed by atoms with Gasteiger partial charge in [0.1, 0.15) is 22.1 Å². The molecule has 0 bridgehead atoms. The van der Waals surface area contributed by atoms with Gasteiger partial charge < -0.3 is 19.6 Å². The summed E-state index contributed by atoms with van der Waals surface area (Å²) >= 11 is 7.22. The lowest BCUT2D eigenvalue weighted by Crippen LogP contribution is -2.30. The standard InChI is InChI=1S/C22H15ClN2O6S.C2H6/c1-25(19-11-17-18(32-19)10-14(20(26)27)21(28)31-17)22(29)24-12-6-8-13(9-7-12)30-16-5-3-2-4-15(16)23;1-2/h2-11H,1H3,(H,24,29)(H,26,27);1-2H3. The van der Waals surface area contributed by atoms with Gasteiger partial charge in [-0.3, -0.25) is 4.90 Å². The number of nitrogens with one attached hydrogen (secondary N) is 1. The van der Waals surface area contributed by atoms with Crippen molar-refractivity contribution in [2.45, 2.75) is 13.8 Å². The summed E-state index contributed by atoms with van der Waals surface area (Å²) in [6.07, 6.45) is 0. The highest BCUT2D eigenvalue weighted by molar-refractivity contribution is 7.22. The van der Waals surface area contributed by atoms with E-state index in [4.69, 9.17) is 25.9 Å². The van der Waals surface area contributed by atoms with Gasteiger partial charge in [0.05, 0.1) is 9.72 Å². The number of carboxylic acids is 1. The van der Waals surface area contributed by atoms with Crippen molar-refractivity contribution in [1.29, 1.82) is 0 Å². The Morgan fingerprint density at radius 1 is 1.09 bits per heavy atom. The lowest BCUT2D eigenvalue weighted by molar-refractivity contribution is 0.0692. The van der Waals surface area contributed by atoms with Crippen LogP contribution in [0.3, 0.4) is 0 Å². The molecule has 2 amide bonds. The number of amides is 2. The van der Waals surface area contributed by atoms with E-state index < -0.39 is 23.2 Å². The molecule has 0 spiro atoms. The molecule has 0 aliphatic heterocycles. The van der Waals surface area contributed by atoms with Crippen LogP contribution in [-0.4, -0.2) is 24.2 Å². The summed E-state index contributed by atoms with van der Waals surface area (Å²) in [5.41, 5.74) is -0.660. The Kier molecular flexibility index (Phi) is 7.93. The van der Waals surface area contributed by atoms with Gasteiger partial charge in [0.15, 0.2) is 5.58 Å². The Balaban J connectivity index is 0.00000158. The first-order valence-corrected chi connectivity index (χ1v) is 11.4. The minimum absolute atomic E-state index is 0.209. The van der Waals surface area contributed by atoms with Crippen molar-refractivity contribution in [2.75, 3.05) is 17.3 Å². The minimum atomic E-state index is -1.37. The van der Waals surface area contributed by atoms with Crippen molar-refractivity contribution in [3.8, 4) is 11.5 Å². The number of carboxylic acid groups (broad SMARTS) is 1. The Morgan fingerprint density at radius 3 is 2.41 bits per heavy atom. The maximum Gasteiger partial charge on any atom is 0.351 e. The van der Waals surface area contributed by atoms with Crippen molar-refractivity contribution in [2.24, 2.45) is 0 Å². The molecule has 34 heavy (non-hydrogen) atoms. The molecule has 0 aliphatic carbocycles. The third-order valence-electron chi connectivity index (χ3n) is 4.45. The number of hydrogen-bond acceptors (Lipinski definition) is 6. The molecule has 0 atom stereocenters. The average Bonchev–Trinajstić information content (AvgIpc) is 3.24. The van der Waals surface area contributed by atoms with Crippen LogP contribution in [-0.2, 0) is 0 Å². The van der Waals surface area contributed by atoms with E-state index in [0.29, 0.717) is 31.9 Å². The Morgan fingerprint density at radius 2 is 1.76 bits per heavy atom. The van der Waals surface area contributed by atoms with Gasteiger partial charge in [0, 0.05) is 18.8 Å². The van der Waals surface area contributed by atoms with Crippen LogP contribution in [0.25, 0.3) is 10.3 Å². The molecule has 4 aromatic rings. The minimum Gasteiger partial charge on any atom is -0.477 e. The lowest BCUT2D eigenvalue weighted by Gasteiger charge is -2.16. The fraction of sp³-hybridized carbons (Fsp3) is 0.125. The molecule has 10 heteroatoms. The number of rotatable bonds is 5. The molecule has 8 nitrogen and oxygen atoms in total. The first-order chi connectivity index (χ1) is 16.3. The van der Waals surface area contributed by atoms with Crippen molar-refractivity contribution in [3.05, 3.63) is 81.7 Å². The molecule has 0 unspecified atom stereocenters. The van der Waals surface area contributed by atoms with E-state index >= 15 is 0 Å². The van der Waals surface area contributed by atoms with Gasteiger partial charge in [-0.2, -0.15) is 0 Å². The molecule has 0 saturated heterocycles. The van der Waals surface area contributed by atoms with Crippen molar-refractivity contribution < 1.29 is 23.8 Å². The Labute approximate surface area is 204 Å². The molecular formula is C24H21ClN2O6S. The van der Waals surface area contributed by atoms with Crippen LogP contribution in [0.1, 0.15) is 24.2 Å². The maximum atomic E-state index is 12.6. The number of thiophene rings is 1. The maximum absolute atomic E-state index is 12.6. The molecule has 0 radical (unpaired) electrons. The lowest BCUT2D eigenvalue weighted by atomic mass is 10.3. The van der Waals surface area contributed by atoms with E-state index in [1.807, 2.05) is 19.9 Å². The number of fused-ring (bicyclic) bond motifs is 1.